The lowest BCUT2D eigenvalue weighted by molar-refractivity contribution is -0.0714. The van der Waals surface area contributed by atoms with E-state index in [2.05, 4.69) is 18.9 Å². The van der Waals surface area contributed by atoms with Gasteiger partial charge in [0, 0.05) is 17.2 Å². The van der Waals surface area contributed by atoms with E-state index >= 15 is 0 Å². The van der Waals surface area contributed by atoms with Crippen LogP contribution >= 0.6 is 0 Å². The molecule has 2 unspecified atom stereocenters. The summed E-state index contributed by atoms with van der Waals surface area (Å²) in [5, 5.41) is 20.2. The van der Waals surface area contributed by atoms with Gasteiger partial charge in [-0.25, -0.2) is 0 Å². The fourth-order valence-corrected chi connectivity index (χ4v) is 4.61. The van der Waals surface area contributed by atoms with Crippen LogP contribution in [0.1, 0.15) is 36.6 Å². The van der Waals surface area contributed by atoms with Gasteiger partial charge in [-0.3, -0.25) is 4.90 Å². The number of rotatable bonds is 7. The number of hydrogen-bond acceptors (Lipinski definition) is 6. The molecule has 5 rings (SSSR count). The first kappa shape index (κ1) is 23.3. The lowest BCUT2D eigenvalue weighted by atomic mass is 9.86. The van der Waals surface area contributed by atoms with E-state index in [0.717, 1.165) is 46.8 Å². The molecule has 1 saturated heterocycles. The van der Waals surface area contributed by atoms with Gasteiger partial charge in [0.1, 0.15) is 35.7 Å². The fourth-order valence-electron chi connectivity index (χ4n) is 4.61. The van der Waals surface area contributed by atoms with Crippen molar-refractivity contribution in [2.75, 3.05) is 26.9 Å². The smallest absolute Gasteiger partial charge is 0.150 e. The normalized spacial score (nSPS) is 18.6. The molecule has 2 heterocycles. The van der Waals surface area contributed by atoms with E-state index in [9.17, 15) is 10.2 Å². The molecule has 2 atom stereocenters. The molecular formula is C29H31NO5. The highest BCUT2D eigenvalue weighted by Crippen LogP contribution is 2.47. The summed E-state index contributed by atoms with van der Waals surface area (Å²) in [5.74, 6) is 1.90. The Balaban J connectivity index is 1.40. The number of allylic oxidation sites excluding steroid dienone is 1. The van der Waals surface area contributed by atoms with Gasteiger partial charge < -0.3 is 24.4 Å². The van der Waals surface area contributed by atoms with E-state index in [-0.39, 0.29) is 23.6 Å². The minimum atomic E-state index is -0.369. The van der Waals surface area contributed by atoms with Gasteiger partial charge in [-0.05, 0) is 80.1 Å². The Labute approximate surface area is 206 Å². The zero-order chi connectivity index (χ0) is 24.5. The molecule has 0 saturated carbocycles. The molecule has 6 nitrogen and oxygen atoms in total. The Morgan fingerprint density at radius 3 is 2.43 bits per heavy atom. The summed E-state index contributed by atoms with van der Waals surface area (Å²) in [6.45, 7) is 6.35. The first-order chi connectivity index (χ1) is 16.9. The summed E-state index contributed by atoms with van der Waals surface area (Å²) in [6.07, 6.45) is -0.369. The van der Waals surface area contributed by atoms with Crippen LogP contribution in [0.15, 0.2) is 66.7 Å². The van der Waals surface area contributed by atoms with Gasteiger partial charge in [-0.2, -0.15) is 0 Å². The molecule has 2 aliphatic heterocycles. The van der Waals surface area contributed by atoms with Crippen LogP contribution < -0.4 is 9.47 Å². The van der Waals surface area contributed by atoms with Crippen molar-refractivity contribution in [2.24, 2.45) is 0 Å². The molecule has 0 aromatic heterocycles. The third-order valence-corrected chi connectivity index (χ3v) is 7.00. The van der Waals surface area contributed by atoms with Crippen LogP contribution in [0.5, 0.6) is 23.0 Å². The molecule has 6 heteroatoms. The largest absolute Gasteiger partial charge is 0.508 e. The predicted octanol–water partition coefficient (Wildman–Crippen LogP) is 5.26. The standard InChI is InChI=1S/C29H31NO5/c1-18(30(3)22-16-33-17-22)15-34-25-10-7-20(8-11-25)29-28(21-5-4-6-23(31)13-21)19(2)26-14-24(32)9-12-27(26)35-29/h4-14,18,22,29,31-32H,15-17H2,1-3H3. The lowest BCUT2D eigenvalue weighted by Gasteiger charge is -2.38. The Hall–Kier alpha value is -3.48. The Bertz CT molecular complexity index is 1230. The third-order valence-electron chi connectivity index (χ3n) is 7.00. The highest BCUT2D eigenvalue weighted by Gasteiger charge is 2.30. The Morgan fingerprint density at radius 2 is 1.74 bits per heavy atom. The number of phenols is 2. The minimum absolute atomic E-state index is 0.187. The van der Waals surface area contributed by atoms with Crippen LogP contribution in [0.25, 0.3) is 11.1 Å². The second kappa shape index (κ2) is 9.64. The van der Waals surface area contributed by atoms with Crippen LogP contribution in [0.2, 0.25) is 0 Å². The number of fused-ring (bicyclic) bond motifs is 1. The molecular weight excluding hydrogens is 442 g/mol. The molecule has 0 spiro atoms. The first-order valence-corrected chi connectivity index (χ1v) is 11.9. The molecule has 2 aliphatic rings. The van der Waals surface area contributed by atoms with E-state index < -0.39 is 0 Å². The summed E-state index contributed by atoms with van der Waals surface area (Å²) in [6, 6.07) is 21.1. The molecule has 2 N–H and O–H groups in total. The van der Waals surface area contributed by atoms with Crippen molar-refractivity contribution in [1.82, 2.24) is 4.90 Å². The summed E-state index contributed by atoms with van der Waals surface area (Å²) in [5.41, 5.74) is 4.64. The molecule has 3 aromatic rings. The minimum Gasteiger partial charge on any atom is -0.508 e. The molecule has 0 bridgehead atoms. The first-order valence-electron chi connectivity index (χ1n) is 11.9. The van der Waals surface area contributed by atoms with Gasteiger partial charge in [0.25, 0.3) is 0 Å². The maximum Gasteiger partial charge on any atom is 0.150 e. The van der Waals surface area contributed by atoms with E-state index in [4.69, 9.17) is 14.2 Å². The highest BCUT2D eigenvalue weighted by atomic mass is 16.5. The number of benzene rings is 3. The summed E-state index contributed by atoms with van der Waals surface area (Å²) in [4.78, 5) is 2.30. The van der Waals surface area contributed by atoms with E-state index in [1.807, 2.05) is 43.3 Å². The molecule has 1 fully saturated rings. The average Bonchev–Trinajstić information content (AvgIpc) is 2.82. The van der Waals surface area contributed by atoms with Crippen LogP contribution in [0.4, 0.5) is 0 Å². The van der Waals surface area contributed by atoms with Crippen LogP contribution in [0, 0.1) is 0 Å². The van der Waals surface area contributed by atoms with Crippen molar-refractivity contribution in [3.8, 4) is 23.0 Å². The number of aromatic hydroxyl groups is 2. The predicted molar refractivity (Wildman–Crippen MR) is 136 cm³/mol. The van der Waals surface area contributed by atoms with Crippen molar-refractivity contribution >= 4 is 11.1 Å². The number of hydrogen-bond donors (Lipinski definition) is 2. The highest BCUT2D eigenvalue weighted by molar-refractivity contribution is 5.95. The zero-order valence-electron chi connectivity index (χ0n) is 20.3. The second-order valence-corrected chi connectivity index (χ2v) is 9.35. The summed E-state index contributed by atoms with van der Waals surface area (Å²) in [7, 11) is 2.11. The second-order valence-electron chi connectivity index (χ2n) is 9.35. The summed E-state index contributed by atoms with van der Waals surface area (Å²) >= 11 is 0. The molecule has 3 aromatic carbocycles. The quantitative estimate of drug-likeness (QED) is 0.488. The number of likely N-dealkylation sites (N-methyl/N-ethyl adjacent to an activating group) is 1. The topological polar surface area (TPSA) is 71.4 Å². The maximum absolute atomic E-state index is 10.1. The van der Waals surface area contributed by atoms with E-state index in [0.29, 0.717) is 18.4 Å². The van der Waals surface area contributed by atoms with Crippen LogP contribution in [0.3, 0.4) is 0 Å². The number of ether oxygens (including phenoxy) is 3. The zero-order valence-corrected chi connectivity index (χ0v) is 20.3. The van der Waals surface area contributed by atoms with Gasteiger partial charge in [-0.1, -0.05) is 24.3 Å². The van der Waals surface area contributed by atoms with Crippen LogP contribution in [-0.4, -0.2) is 54.1 Å². The van der Waals surface area contributed by atoms with Crippen molar-refractivity contribution in [3.63, 3.8) is 0 Å². The van der Waals surface area contributed by atoms with E-state index in [1.165, 1.54) is 0 Å². The monoisotopic (exact) mass is 473 g/mol. The lowest BCUT2D eigenvalue weighted by Crippen LogP contribution is -2.51. The Morgan fingerprint density at radius 1 is 1.00 bits per heavy atom. The van der Waals surface area contributed by atoms with Crippen molar-refractivity contribution in [3.05, 3.63) is 83.4 Å². The molecule has 0 amide bonds. The van der Waals surface area contributed by atoms with Gasteiger partial charge in [0.05, 0.1) is 19.3 Å². The number of nitrogens with zero attached hydrogens (tertiary/aromatic N) is 1. The molecule has 0 aliphatic carbocycles. The third kappa shape index (κ3) is 4.72. The molecule has 0 radical (unpaired) electrons. The average molecular weight is 474 g/mol. The Kier molecular flexibility index (Phi) is 6.41. The van der Waals surface area contributed by atoms with Crippen molar-refractivity contribution in [1.29, 1.82) is 0 Å². The maximum atomic E-state index is 10.1. The number of phenolic OH excluding ortho intramolecular Hbond substituents is 2. The van der Waals surface area contributed by atoms with Crippen molar-refractivity contribution in [2.45, 2.75) is 32.0 Å². The van der Waals surface area contributed by atoms with Gasteiger partial charge in [0.2, 0.25) is 0 Å². The van der Waals surface area contributed by atoms with Gasteiger partial charge >= 0.3 is 0 Å². The van der Waals surface area contributed by atoms with E-state index in [1.54, 1.807) is 30.3 Å². The van der Waals surface area contributed by atoms with Gasteiger partial charge in [-0.15, -0.1) is 0 Å². The van der Waals surface area contributed by atoms with Crippen molar-refractivity contribution < 1.29 is 24.4 Å². The molecule has 35 heavy (non-hydrogen) atoms. The SMILES string of the molecule is CC1=C(c2cccc(O)c2)C(c2ccc(OCC(C)N(C)C3COC3)cc2)Oc2ccc(O)cc21. The van der Waals surface area contributed by atoms with Crippen LogP contribution in [-0.2, 0) is 4.74 Å². The molecule has 182 valence electrons. The van der Waals surface area contributed by atoms with Gasteiger partial charge in [0.15, 0.2) is 0 Å². The summed E-state index contributed by atoms with van der Waals surface area (Å²) < 4.78 is 17.8. The fraction of sp³-hybridized carbons (Fsp3) is 0.310.